The predicted octanol–water partition coefficient (Wildman–Crippen LogP) is 3.52. The van der Waals surface area contributed by atoms with Gasteiger partial charge in [0.05, 0.1) is 6.10 Å². The van der Waals surface area contributed by atoms with E-state index in [4.69, 9.17) is 5.73 Å². The van der Waals surface area contributed by atoms with E-state index in [2.05, 4.69) is 0 Å². The maximum atomic E-state index is 10.9. The number of rotatable bonds is 2. The molecule has 1 atom stereocenters. The minimum Gasteiger partial charge on any atom is -0.399 e. The SMILES string of the molecule is Nc1ccc(C(O)C23CC4CC(CC(C4)C2)C3)cc1. The zero-order chi connectivity index (χ0) is 13.0. The fraction of sp³-hybridized carbons (Fsp3) is 0.647. The normalized spacial score (nSPS) is 41.4. The summed E-state index contributed by atoms with van der Waals surface area (Å²) in [5, 5.41) is 10.9. The summed E-state index contributed by atoms with van der Waals surface area (Å²) in [5.41, 5.74) is 7.77. The molecular formula is C17H23NO. The zero-order valence-corrected chi connectivity index (χ0v) is 11.4. The molecule has 4 bridgehead atoms. The lowest BCUT2D eigenvalue weighted by atomic mass is 9.47. The number of benzene rings is 1. The average molecular weight is 257 g/mol. The summed E-state index contributed by atoms with van der Waals surface area (Å²) >= 11 is 0. The van der Waals surface area contributed by atoms with Crippen molar-refractivity contribution in [3.63, 3.8) is 0 Å². The Morgan fingerprint density at radius 1 is 0.947 bits per heavy atom. The van der Waals surface area contributed by atoms with Crippen LogP contribution in [0.3, 0.4) is 0 Å². The van der Waals surface area contributed by atoms with Crippen LogP contribution >= 0.6 is 0 Å². The first-order chi connectivity index (χ1) is 9.14. The van der Waals surface area contributed by atoms with E-state index in [1.54, 1.807) is 0 Å². The molecule has 4 aliphatic rings. The molecule has 3 N–H and O–H groups in total. The van der Waals surface area contributed by atoms with Gasteiger partial charge in [-0.15, -0.1) is 0 Å². The number of anilines is 1. The highest BCUT2D eigenvalue weighted by Gasteiger charge is 2.54. The van der Waals surface area contributed by atoms with Crippen LogP contribution in [0.2, 0.25) is 0 Å². The van der Waals surface area contributed by atoms with E-state index in [0.717, 1.165) is 29.0 Å². The van der Waals surface area contributed by atoms with Gasteiger partial charge in [-0.3, -0.25) is 0 Å². The van der Waals surface area contributed by atoms with Crippen LogP contribution < -0.4 is 5.73 Å². The van der Waals surface area contributed by atoms with E-state index in [-0.39, 0.29) is 11.5 Å². The van der Waals surface area contributed by atoms with Crippen LogP contribution in [-0.2, 0) is 0 Å². The Hall–Kier alpha value is -1.02. The van der Waals surface area contributed by atoms with Gasteiger partial charge in [-0.05, 0) is 74.0 Å². The molecule has 4 fully saturated rings. The van der Waals surface area contributed by atoms with Gasteiger partial charge in [0.15, 0.2) is 0 Å². The third kappa shape index (κ3) is 1.80. The molecule has 102 valence electrons. The Morgan fingerprint density at radius 2 is 1.42 bits per heavy atom. The Balaban J connectivity index is 1.65. The lowest BCUT2D eigenvalue weighted by Gasteiger charge is -2.58. The van der Waals surface area contributed by atoms with E-state index >= 15 is 0 Å². The minimum atomic E-state index is -0.290. The first kappa shape index (κ1) is 11.8. The van der Waals surface area contributed by atoms with Gasteiger partial charge in [-0.25, -0.2) is 0 Å². The molecule has 0 amide bonds. The predicted molar refractivity (Wildman–Crippen MR) is 76.4 cm³/mol. The van der Waals surface area contributed by atoms with Gasteiger partial charge in [-0.1, -0.05) is 12.1 Å². The van der Waals surface area contributed by atoms with Crippen molar-refractivity contribution in [1.82, 2.24) is 0 Å². The van der Waals surface area contributed by atoms with E-state index in [0.29, 0.717) is 0 Å². The summed E-state index contributed by atoms with van der Waals surface area (Å²) in [4.78, 5) is 0. The Labute approximate surface area is 115 Å². The van der Waals surface area contributed by atoms with Crippen molar-refractivity contribution in [3.8, 4) is 0 Å². The second-order valence-corrected chi connectivity index (χ2v) is 7.35. The summed E-state index contributed by atoms with van der Waals surface area (Å²) < 4.78 is 0. The molecule has 4 saturated carbocycles. The van der Waals surface area contributed by atoms with Crippen LogP contribution in [0.5, 0.6) is 0 Å². The second-order valence-electron chi connectivity index (χ2n) is 7.35. The van der Waals surface area contributed by atoms with Gasteiger partial charge in [-0.2, -0.15) is 0 Å². The number of hydrogen-bond acceptors (Lipinski definition) is 2. The van der Waals surface area contributed by atoms with Gasteiger partial charge in [0.1, 0.15) is 0 Å². The third-order valence-corrected chi connectivity index (χ3v) is 5.92. The molecule has 0 spiro atoms. The molecule has 1 aromatic carbocycles. The number of nitrogens with two attached hydrogens (primary N) is 1. The molecule has 2 nitrogen and oxygen atoms in total. The van der Waals surface area contributed by atoms with Crippen LogP contribution in [0.4, 0.5) is 5.69 Å². The molecule has 0 heterocycles. The molecule has 0 saturated heterocycles. The summed E-state index contributed by atoms with van der Waals surface area (Å²) in [6.07, 6.45) is 7.70. The molecular weight excluding hydrogens is 234 g/mol. The number of nitrogen functional groups attached to an aromatic ring is 1. The summed E-state index contributed by atoms with van der Waals surface area (Å²) in [6.45, 7) is 0. The third-order valence-electron chi connectivity index (χ3n) is 5.92. The maximum absolute atomic E-state index is 10.9. The summed E-state index contributed by atoms with van der Waals surface area (Å²) in [5.74, 6) is 2.65. The van der Waals surface area contributed by atoms with Gasteiger partial charge in [0, 0.05) is 11.1 Å². The molecule has 19 heavy (non-hydrogen) atoms. The highest BCUT2D eigenvalue weighted by molar-refractivity contribution is 5.40. The Kier molecular flexibility index (Phi) is 2.47. The standard InChI is InChI=1S/C17H23NO/c18-15-3-1-14(2-4-15)16(19)17-8-11-5-12(9-17)7-13(6-11)10-17/h1-4,11-13,16,19H,5-10,18H2. The fourth-order valence-corrected chi connectivity index (χ4v) is 5.54. The number of hydrogen-bond donors (Lipinski definition) is 2. The Bertz CT molecular complexity index is 443. The lowest BCUT2D eigenvalue weighted by molar-refractivity contribution is -0.122. The van der Waals surface area contributed by atoms with Crippen LogP contribution in [0.1, 0.15) is 50.2 Å². The van der Waals surface area contributed by atoms with Crippen LogP contribution in [0.15, 0.2) is 24.3 Å². The number of aliphatic hydroxyl groups excluding tert-OH is 1. The molecule has 2 heteroatoms. The van der Waals surface area contributed by atoms with E-state index < -0.39 is 0 Å². The zero-order valence-electron chi connectivity index (χ0n) is 11.4. The lowest BCUT2D eigenvalue weighted by Crippen LogP contribution is -2.48. The van der Waals surface area contributed by atoms with Crippen molar-refractivity contribution < 1.29 is 5.11 Å². The molecule has 0 aliphatic heterocycles. The highest BCUT2D eigenvalue weighted by atomic mass is 16.3. The summed E-state index contributed by atoms with van der Waals surface area (Å²) in [6, 6.07) is 7.86. The topological polar surface area (TPSA) is 46.2 Å². The molecule has 1 aromatic rings. The van der Waals surface area contributed by atoms with Crippen molar-refractivity contribution in [2.24, 2.45) is 23.2 Å². The fourth-order valence-electron chi connectivity index (χ4n) is 5.54. The molecule has 1 unspecified atom stereocenters. The maximum Gasteiger partial charge on any atom is 0.0846 e. The largest absolute Gasteiger partial charge is 0.399 e. The van der Waals surface area contributed by atoms with Crippen LogP contribution in [-0.4, -0.2) is 5.11 Å². The summed E-state index contributed by atoms with van der Waals surface area (Å²) in [7, 11) is 0. The molecule has 4 aliphatic carbocycles. The van der Waals surface area contributed by atoms with Crippen LogP contribution in [0, 0.1) is 23.2 Å². The van der Waals surface area contributed by atoms with Gasteiger partial charge in [0.2, 0.25) is 0 Å². The quantitative estimate of drug-likeness (QED) is 0.796. The molecule has 0 aromatic heterocycles. The average Bonchev–Trinajstić information content (AvgIpc) is 2.37. The van der Waals surface area contributed by atoms with Gasteiger partial charge >= 0.3 is 0 Å². The molecule has 0 radical (unpaired) electrons. The van der Waals surface area contributed by atoms with Crippen molar-refractivity contribution in [2.75, 3.05) is 5.73 Å². The van der Waals surface area contributed by atoms with Crippen molar-refractivity contribution in [2.45, 2.75) is 44.6 Å². The van der Waals surface area contributed by atoms with Crippen molar-refractivity contribution in [1.29, 1.82) is 0 Å². The molecule has 5 rings (SSSR count). The Morgan fingerprint density at radius 3 is 1.89 bits per heavy atom. The minimum absolute atomic E-state index is 0.171. The smallest absolute Gasteiger partial charge is 0.0846 e. The van der Waals surface area contributed by atoms with E-state index in [9.17, 15) is 5.11 Å². The highest BCUT2D eigenvalue weighted by Crippen LogP contribution is 2.63. The van der Waals surface area contributed by atoms with E-state index in [1.807, 2.05) is 24.3 Å². The van der Waals surface area contributed by atoms with Crippen LogP contribution in [0.25, 0.3) is 0 Å². The first-order valence-corrected chi connectivity index (χ1v) is 7.68. The van der Waals surface area contributed by atoms with Gasteiger partial charge < -0.3 is 10.8 Å². The number of aliphatic hydroxyl groups is 1. The van der Waals surface area contributed by atoms with E-state index in [1.165, 1.54) is 38.5 Å². The van der Waals surface area contributed by atoms with Crippen molar-refractivity contribution in [3.05, 3.63) is 29.8 Å². The van der Waals surface area contributed by atoms with Gasteiger partial charge in [0.25, 0.3) is 0 Å². The first-order valence-electron chi connectivity index (χ1n) is 7.68. The monoisotopic (exact) mass is 257 g/mol. The van der Waals surface area contributed by atoms with Crippen molar-refractivity contribution >= 4 is 5.69 Å². The second kappa shape index (κ2) is 3.99.